The van der Waals surface area contributed by atoms with Crippen LogP contribution in [0.5, 0.6) is 0 Å². The number of nitrogens with zero attached hydrogens (tertiary/aromatic N) is 1. The van der Waals surface area contributed by atoms with Gasteiger partial charge in [0.05, 0.1) is 19.3 Å². The number of nitrogens with one attached hydrogen (secondary N) is 2. The Hall–Kier alpha value is -3.12. The number of esters is 1. The van der Waals surface area contributed by atoms with Gasteiger partial charge in [0.25, 0.3) is 0 Å². The van der Waals surface area contributed by atoms with E-state index in [1.54, 1.807) is 31.2 Å². The Morgan fingerprint density at radius 2 is 1.82 bits per heavy atom. The molecule has 0 unspecified atom stereocenters. The molecule has 0 aliphatic rings. The van der Waals surface area contributed by atoms with Gasteiger partial charge in [-0.15, -0.1) is 0 Å². The van der Waals surface area contributed by atoms with Crippen LogP contribution in [0.15, 0.2) is 30.3 Å². The lowest BCUT2D eigenvalue weighted by Gasteiger charge is -2.24. The third-order valence-corrected chi connectivity index (χ3v) is 3.86. The van der Waals surface area contributed by atoms with Crippen molar-refractivity contribution in [1.82, 2.24) is 10.6 Å². The summed E-state index contributed by atoms with van der Waals surface area (Å²) in [6.45, 7) is 2.89. The topological polar surface area (TPSA) is 138 Å². The summed E-state index contributed by atoms with van der Waals surface area (Å²) in [5.41, 5.74) is 0.756. The lowest BCUT2D eigenvalue weighted by Crippen LogP contribution is -2.56. The quantitative estimate of drug-likeness (QED) is 0.531. The van der Waals surface area contributed by atoms with Crippen molar-refractivity contribution < 1.29 is 29.0 Å². The minimum absolute atomic E-state index is 0.00864. The Bertz CT molecular complexity index is 701. The van der Waals surface area contributed by atoms with E-state index in [9.17, 15) is 19.5 Å². The molecule has 9 heteroatoms. The fourth-order valence-corrected chi connectivity index (χ4v) is 2.32. The molecule has 0 saturated heterocycles. The first-order valence-corrected chi connectivity index (χ1v) is 8.71. The number of aliphatic hydroxyl groups excluding tert-OH is 1. The molecule has 1 rings (SSSR count). The molecule has 0 fully saturated rings. The van der Waals surface area contributed by atoms with Gasteiger partial charge < -0.3 is 25.2 Å². The molecule has 3 N–H and O–H groups in total. The standard InChI is InChI=1S/C19H25N3O6/c1-12(10-20)9-15(18(25)27-3)21-17(24)16(13(2)23)22-19(26)28-11-14-7-5-4-6-8-14/h4-8,12-13,15-16,23H,9,11H2,1-3H3,(H,21,24)(H,22,26)/t12-,13+,15-,16-/m0/s1. The van der Waals surface area contributed by atoms with Crippen molar-refractivity contribution >= 4 is 18.0 Å². The van der Waals surface area contributed by atoms with Crippen molar-refractivity contribution in [1.29, 1.82) is 5.26 Å². The van der Waals surface area contributed by atoms with E-state index in [0.29, 0.717) is 0 Å². The third-order valence-electron chi connectivity index (χ3n) is 3.86. The first-order valence-electron chi connectivity index (χ1n) is 8.71. The summed E-state index contributed by atoms with van der Waals surface area (Å²) in [6, 6.07) is 8.46. The van der Waals surface area contributed by atoms with Crippen LogP contribution in [0.3, 0.4) is 0 Å². The highest BCUT2D eigenvalue weighted by Crippen LogP contribution is 2.08. The second-order valence-electron chi connectivity index (χ2n) is 6.27. The molecule has 28 heavy (non-hydrogen) atoms. The van der Waals surface area contributed by atoms with E-state index in [2.05, 4.69) is 15.4 Å². The van der Waals surface area contributed by atoms with Crippen LogP contribution in [0, 0.1) is 17.2 Å². The lowest BCUT2D eigenvalue weighted by atomic mass is 10.0. The third kappa shape index (κ3) is 7.63. The second kappa shape index (κ2) is 11.6. The smallest absolute Gasteiger partial charge is 0.408 e. The van der Waals surface area contributed by atoms with E-state index in [1.165, 1.54) is 6.92 Å². The zero-order valence-electron chi connectivity index (χ0n) is 16.0. The molecular weight excluding hydrogens is 366 g/mol. The van der Waals surface area contributed by atoms with Gasteiger partial charge in [0, 0.05) is 5.92 Å². The van der Waals surface area contributed by atoms with Crippen molar-refractivity contribution in [3.63, 3.8) is 0 Å². The molecule has 0 radical (unpaired) electrons. The normalized spacial score (nSPS) is 14.5. The number of amides is 2. The number of nitriles is 1. The van der Waals surface area contributed by atoms with Crippen molar-refractivity contribution in [2.45, 2.75) is 45.1 Å². The first kappa shape index (κ1) is 22.9. The second-order valence-corrected chi connectivity index (χ2v) is 6.27. The molecular formula is C19H25N3O6. The van der Waals surface area contributed by atoms with Crippen molar-refractivity contribution in [3.8, 4) is 6.07 Å². The molecule has 0 aliphatic heterocycles. The predicted octanol–water partition coefficient (Wildman–Crippen LogP) is 0.870. The summed E-state index contributed by atoms with van der Waals surface area (Å²) in [5.74, 6) is -2.04. The van der Waals surface area contributed by atoms with Crippen molar-refractivity contribution in [2.24, 2.45) is 5.92 Å². The molecule has 1 aromatic carbocycles. The van der Waals surface area contributed by atoms with Gasteiger partial charge >= 0.3 is 12.1 Å². The highest BCUT2D eigenvalue weighted by atomic mass is 16.5. The number of methoxy groups -OCH3 is 1. The van der Waals surface area contributed by atoms with Gasteiger partial charge in [0.15, 0.2) is 0 Å². The number of ether oxygens (including phenoxy) is 2. The van der Waals surface area contributed by atoms with Gasteiger partial charge in [-0.1, -0.05) is 30.3 Å². The SMILES string of the molecule is COC(=O)[C@H](C[C@H](C)C#N)NC(=O)[C@@H](NC(=O)OCc1ccccc1)[C@@H](C)O. The molecule has 0 heterocycles. The summed E-state index contributed by atoms with van der Waals surface area (Å²) in [5, 5.41) is 23.4. The number of aliphatic hydroxyl groups is 1. The highest BCUT2D eigenvalue weighted by Gasteiger charge is 2.31. The van der Waals surface area contributed by atoms with Crippen LogP contribution >= 0.6 is 0 Å². The maximum atomic E-state index is 12.5. The van der Waals surface area contributed by atoms with E-state index in [1.807, 2.05) is 12.1 Å². The Morgan fingerprint density at radius 3 is 2.36 bits per heavy atom. The minimum Gasteiger partial charge on any atom is -0.467 e. The van der Waals surface area contributed by atoms with Crippen molar-refractivity contribution in [3.05, 3.63) is 35.9 Å². The molecule has 0 bridgehead atoms. The van der Waals surface area contributed by atoms with Gasteiger partial charge in [-0.25, -0.2) is 9.59 Å². The summed E-state index contributed by atoms with van der Waals surface area (Å²) in [4.78, 5) is 36.3. The molecule has 9 nitrogen and oxygen atoms in total. The molecule has 0 spiro atoms. The zero-order valence-corrected chi connectivity index (χ0v) is 16.0. The summed E-state index contributed by atoms with van der Waals surface area (Å²) >= 11 is 0. The van der Waals surface area contributed by atoms with Crippen LogP contribution in [-0.4, -0.2) is 48.4 Å². The predicted molar refractivity (Wildman–Crippen MR) is 98.6 cm³/mol. The number of hydrogen-bond donors (Lipinski definition) is 3. The Morgan fingerprint density at radius 1 is 1.18 bits per heavy atom. The van der Waals surface area contributed by atoms with Crippen molar-refractivity contribution in [2.75, 3.05) is 7.11 Å². The Kier molecular flexibility index (Phi) is 9.47. The molecule has 2 amide bonds. The first-order chi connectivity index (χ1) is 13.3. The van der Waals surface area contributed by atoms with E-state index in [0.717, 1.165) is 12.7 Å². The molecule has 0 aromatic heterocycles. The average molecular weight is 391 g/mol. The summed E-state index contributed by atoms with van der Waals surface area (Å²) in [7, 11) is 1.16. The molecule has 0 saturated carbocycles. The minimum atomic E-state index is -1.35. The lowest BCUT2D eigenvalue weighted by molar-refractivity contribution is -0.146. The van der Waals surface area contributed by atoms with Crippen LogP contribution in [0.2, 0.25) is 0 Å². The average Bonchev–Trinajstić information content (AvgIpc) is 2.69. The van der Waals surface area contributed by atoms with Crippen LogP contribution in [0.25, 0.3) is 0 Å². The number of rotatable bonds is 9. The highest BCUT2D eigenvalue weighted by molar-refractivity contribution is 5.90. The molecule has 152 valence electrons. The van der Waals surface area contributed by atoms with Gasteiger partial charge in [0.2, 0.25) is 5.91 Å². The van der Waals surface area contributed by atoms with Crippen LogP contribution in [-0.2, 0) is 25.7 Å². The van der Waals surface area contributed by atoms with Crippen LogP contribution in [0.4, 0.5) is 4.79 Å². The Balaban J connectivity index is 2.71. The van der Waals surface area contributed by atoms with Gasteiger partial charge in [0.1, 0.15) is 18.7 Å². The maximum Gasteiger partial charge on any atom is 0.408 e. The summed E-state index contributed by atoms with van der Waals surface area (Å²) < 4.78 is 9.67. The molecule has 4 atom stereocenters. The van der Waals surface area contributed by atoms with E-state index in [4.69, 9.17) is 10.00 Å². The largest absolute Gasteiger partial charge is 0.467 e. The Labute approximate surface area is 163 Å². The monoisotopic (exact) mass is 391 g/mol. The number of carbonyl (C=O) groups excluding carboxylic acids is 3. The molecule has 1 aromatic rings. The van der Waals surface area contributed by atoms with Crippen LogP contribution < -0.4 is 10.6 Å². The fourth-order valence-electron chi connectivity index (χ4n) is 2.32. The number of benzene rings is 1. The van der Waals surface area contributed by atoms with E-state index >= 15 is 0 Å². The zero-order chi connectivity index (χ0) is 21.1. The number of hydrogen-bond acceptors (Lipinski definition) is 7. The number of alkyl carbamates (subject to hydrolysis) is 1. The maximum absolute atomic E-state index is 12.5. The fraction of sp³-hybridized carbons (Fsp3) is 0.474. The van der Waals surface area contributed by atoms with Crippen LogP contribution in [0.1, 0.15) is 25.8 Å². The van der Waals surface area contributed by atoms with Gasteiger partial charge in [-0.3, -0.25) is 4.79 Å². The van der Waals surface area contributed by atoms with Gasteiger partial charge in [-0.2, -0.15) is 5.26 Å². The van der Waals surface area contributed by atoms with E-state index in [-0.39, 0.29) is 13.0 Å². The van der Waals surface area contributed by atoms with E-state index < -0.39 is 42.1 Å². The summed E-state index contributed by atoms with van der Waals surface area (Å²) in [6.07, 6.45) is -2.12. The van der Waals surface area contributed by atoms with Gasteiger partial charge in [-0.05, 0) is 25.8 Å². The molecule has 0 aliphatic carbocycles. The number of carbonyl (C=O) groups is 3.